The number of hydrogen-bond acceptors (Lipinski definition) is 14. The number of rotatable bonds is 23. The van der Waals surface area contributed by atoms with E-state index in [1.54, 1.807) is 17.5 Å². The van der Waals surface area contributed by atoms with Gasteiger partial charge in [0.25, 0.3) is 0 Å². The summed E-state index contributed by atoms with van der Waals surface area (Å²) in [5.74, 6) is 0.869. The molecule has 19 heteroatoms. The molecule has 17 nitrogen and oxygen atoms in total. The zero-order chi connectivity index (χ0) is 47.2. The third kappa shape index (κ3) is 14.4. The highest BCUT2D eigenvalue weighted by molar-refractivity contribution is 9.10. The van der Waals surface area contributed by atoms with Crippen LogP contribution in [0.4, 0.5) is 17.5 Å². The number of aliphatic hydroxyl groups excluding tert-OH is 1. The number of amides is 4. The molecule has 0 bridgehead atoms. The summed E-state index contributed by atoms with van der Waals surface area (Å²) < 4.78 is 17.7. The lowest BCUT2D eigenvalue weighted by atomic mass is 9.84. The van der Waals surface area contributed by atoms with Crippen molar-refractivity contribution in [3.8, 4) is 16.2 Å². The highest BCUT2D eigenvalue weighted by Crippen LogP contribution is 2.30. The molecule has 2 fully saturated rings. The van der Waals surface area contributed by atoms with Gasteiger partial charge < -0.3 is 50.4 Å². The van der Waals surface area contributed by atoms with E-state index in [9.17, 15) is 24.3 Å². The smallest absolute Gasteiger partial charge is 0.246 e. The fourth-order valence-corrected chi connectivity index (χ4v) is 8.64. The van der Waals surface area contributed by atoms with Gasteiger partial charge in [-0.1, -0.05) is 51.5 Å². The Labute approximate surface area is 398 Å². The Morgan fingerprint density at radius 2 is 1.73 bits per heavy atom. The quantitative estimate of drug-likeness (QED) is 0.0567. The van der Waals surface area contributed by atoms with Gasteiger partial charge in [-0.3, -0.25) is 19.2 Å². The van der Waals surface area contributed by atoms with Gasteiger partial charge in [0.15, 0.2) is 0 Å². The first-order valence-corrected chi connectivity index (χ1v) is 24.0. The van der Waals surface area contributed by atoms with Crippen molar-refractivity contribution < 1.29 is 38.5 Å². The van der Waals surface area contributed by atoms with Gasteiger partial charge in [0, 0.05) is 57.4 Å². The predicted molar refractivity (Wildman–Crippen MR) is 256 cm³/mol. The van der Waals surface area contributed by atoms with Gasteiger partial charge in [-0.2, -0.15) is 4.98 Å². The number of ether oxygens (including phenoxy) is 3. The molecule has 2 aliphatic rings. The number of nitrogens with one attached hydrogen (secondary N) is 4. The van der Waals surface area contributed by atoms with E-state index in [0.717, 1.165) is 57.5 Å². The van der Waals surface area contributed by atoms with Gasteiger partial charge >= 0.3 is 0 Å². The zero-order valence-corrected chi connectivity index (χ0v) is 40.7. The van der Waals surface area contributed by atoms with E-state index in [0.29, 0.717) is 43.8 Å². The summed E-state index contributed by atoms with van der Waals surface area (Å²) in [4.78, 5) is 70.3. The average Bonchev–Trinajstić information content (AvgIpc) is 3.89. The molecule has 1 aliphatic heterocycles. The molecule has 1 saturated carbocycles. The van der Waals surface area contributed by atoms with Gasteiger partial charge in [-0.15, -0.1) is 11.3 Å². The molecule has 2 aromatic heterocycles. The second-order valence-corrected chi connectivity index (χ2v) is 19.4. The van der Waals surface area contributed by atoms with Crippen molar-refractivity contribution in [2.75, 3.05) is 70.3 Å². The average molecular weight is 993 g/mol. The normalized spacial score (nSPS) is 16.6. The van der Waals surface area contributed by atoms with Crippen LogP contribution in [0.15, 0.2) is 64.7 Å². The van der Waals surface area contributed by atoms with E-state index in [2.05, 4.69) is 52.1 Å². The summed E-state index contributed by atoms with van der Waals surface area (Å²) in [6.07, 6.45) is 4.84. The SMILES string of the molecule is Cc1ncsc1-c1ccc(CNC(=O)[C@@H]2C[C@@H](O)CN2C(=O)[C@@H](NC(=O)COCCOCCOc2ccc(Nc3ncc(Br)c(NCCCN(C)C(=O)C4CCC4)n3)cc2)C(C)(C)C)cc1. The summed E-state index contributed by atoms with van der Waals surface area (Å²) in [5.41, 5.74) is 4.79. The van der Waals surface area contributed by atoms with Crippen LogP contribution in [0.5, 0.6) is 5.75 Å². The number of aryl methyl sites for hydroxylation is 1. The molecule has 6 rings (SSSR count). The van der Waals surface area contributed by atoms with Crippen LogP contribution in [0.1, 0.15) is 64.1 Å². The molecule has 2 aromatic carbocycles. The van der Waals surface area contributed by atoms with E-state index in [-0.39, 0.29) is 57.1 Å². The molecule has 0 unspecified atom stereocenters. The van der Waals surface area contributed by atoms with Crippen LogP contribution in [-0.2, 0) is 35.2 Å². The third-order valence-electron chi connectivity index (χ3n) is 11.5. The van der Waals surface area contributed by atoms with Gasteiger partial charge in [0.05, 0.1) is 46.5 Å². The predicted octanol–water partition coefficient (Wildman–Crippen LogP) is 5.70. The first kappa shape index (κ1) is 50.2. The number of anilines is 3. The topological polar surface area (TPSA) is 209 Å². The lowest BCUT2D eigenvalue weighted by molar-refractivity contribution is -0.144. The van der Waals surface area contributed by atoms with Crippen LogP contribution in [-0.4, -0.2) is 131 Å². The van der Waals surface area contributed by atoms with E-state index >= 15 is 0 Å². The minimum atomic E-state index is -0.969. The summed E-state index contributed by atoms with van der Waals surface area (Å²) in [6.45, 7) is 9.69. The number of nitrogens with zero attached hydrogens (tertiary/aromatic N) is 5. The van der Waals surface area contributed by atoms with Gasteiger partial charge in [-0.25, -0.2) is 9.97 Å². The molecular formula is C47H62BrN9O8S. The van der Waals surface area contributed by atoms with Gasteiger partial charge in [-0.05, 0) is 82.9 Å². The number of aliphatic hydroxyl groups is 1. The Kier molecular flexibility index (Phi) is 18.3. The van der Waals surface area contributed by atoms with Crippen molar-refractivity contribution in [1.82, 2.24) is 35.4 Å². The highest BCUT2D eigenvalue weighted by atomic mass is 79.9. The number of benzene rings is 2. The summed E-state index contributed by atoms with van der Waals surface area (Å²) in [6, 6.07) is 13.4. The summed E-state index contributed by atoms with van der Waals surface area (Å²) in [5, 5.41) is 22.8. The maximum Gasteiger partial charge on any atom is 0.246 e. The number of β-amino-alcohol motifs (C(OH)–C–C–N with tert-alkyl or cyclic N) is 1. The van der Waals surface area contributed by atoms with Crippen LogP contribution >= 0.6 is 27.3 Å². The fraction of sp³-hybridized carbons (Fsp3) is 0.511. The molecule has 4 aromatic rings. The van der Waals surface area contributed by atoms with E-state index < -0.39 is 35.4 Å². The van der Waals surface area contributed by atoms with E-state index in [4.69, 9.17) is 14.2 Å². The first-order chi connectivity index (χ1) is 31.7. The number of hydrogen-bond donors (Lipinski definition) is 5. The van der Waals surface area contributed by atoms with Crippen LogP contribution in [0.2, 0.25) is 0 Å². The van der Waals surface area contributed by atoms with Crippen LogP contribution < -0.4 is 26.0 Å². The van der Waals surface area contributed by atoms with Crippen molar-refractivity contribution in [2.24, 2.45) is 11.3 Å². The molecule has 66 heavy (non-hydrogen) atoms. The minimum Gasteiger partial charge on any atom is -0.491 e. The van der Waals surface area contributed by atoms with Crippen molar-refractivity contribution in [3.05, 3.63) is 76.0 Å². The number of carbonyl (C=O) groups excluding carboxylic acids is 4. The molecule has 5 N–H and O–H groups in total. The molecule has 356 valence electrons. The molecule has 1 saturated heterocycles. The second kappa shape index (κ2) is 24.0. The van der Waals surface area contributed by atoms with Crippen molar-refractivity contribution in [2.45, 2.75) is 84.5 Å². The van der Waals surface area contributed by atoms with Crippen LogP contribution in [0.3, 0.4) is 0 Å². The third-order valence-corrected chi connectivity index (χ3v) is 13.0. The number of thiazole rings is 1. The van der Waals surface area contributed by atoms with Crippen molar-refractivity contribution >= 4 is 68.3 Å². The molecule has 4 amide bonds. The molecule has 3 atom stereocenters. The molecule has 3 heterocycles. The first-order valence-electron chi connectivity index (χ1n) is 22.4. The Balaban J connectivity index is 0.853. The van der Waals surface area contributed by atoms with Gasteiger partial charge in [0.1, 0.15) is 36.9 Å². The number of aromatic nitrogens is 3. The monoisotopic (exact) mass is 991 g/mol. The molecular weight excluding hydrogens is 931 g/mol. The highest BCUT2D eigenvalue weighted by Gasteiger charge is 2.44. The van der Waals surface area contributed by atoms with Crippen LogP contribution in [0.25, 0.3) is 10.4 Å². The van der Waals surface area contributed by atoms with Crippen LogP contribution in [0, 0.1) is 18.3 Å². The fourth-order valence-electron chi connectivity index (χ4n) is 7.50. The second-order valence-electron chi connectivity index (χ2n) is 17.7. The summed E-state index contributed by atoms with van der Waals surface area (Å²) in [7, 11) is 1.87. The number of halogens is 1. The Bertz CT molecular complexity index is 2240. The summed E-state index contributed by atoms with van der Waals surface area (Å²) >= 11 is 5.08. The lowest BCUT2D eigenvalue weighted by Gasteiger charge is -2.35. The standard InChI is InChI=1S/C47H62BrN9O8S/c1-30-40(66-29-52-30)32-12-10-31(11-13-32)25-50-43(60)38-24-35(58)27-57(38)45(62)41(47(2,3)4)54-39(59)28-64-21-20-63-22-23-65-36-16-14-34(15-17-36)53-46-51-26-37(48)42(55-46)49-18-7-19-56(5)44(61)33-8-6-9-33/h10-17,26,29,33,35,38,41,58H,6-9,18-25,27-28H2,1-5H3,(H,50,60)(H,54,59)(H2,49,51,53,55)/t35-,38+,41-/m1/s1. The molecule has 0 radical (unpaired) electrons. The van der Waals surface area contributed by atoms with Crippen molar-refractivity contribution in [1.29, 1.82) is 0 Å². The molecule has 0 spiro atoms. The van der Waals surface area contributed by atoms with E-state index in [1.807, 2.05) is 93.7 Å². The lowest BCUT2D eigenvalue weighted by Crippen LogP contribution is -2.58. The minimum absolute atomic E-state index is 0.0185. The number of carbonyl (C=O) groups is 4. The Morgan fingerprint density at radius 3 is 2.41 bits per heavy atom. The Morgan fingerprint density at radius 1 is 1.00 bits per heavy atom. The maximum atomic E-state index is 13.9. The van der Waals surface area contributed by atoms with Crippen molar-refractivity contribution in [3.63, 3.8) is 0 Å². The Hall–Kier alpha value is -5.21. The maximum absolute atomic E-state index is 13.9. The number of likely N-dealkylation sites (tertiary alicyclic amines) is 1. The van der Waals surface area contributed by atoms with Gasteiger partial charge in [0.2, 0.25) is 29.6 Å². The largest absolute Gasteiger partial charge is 0.491 e. The molecule has 1 aliphatic carbocycles. The zero-order valence-electron chi connectivity index (χ0n) is 38.3. The van der Waals surface area contributed by atoms with E-state index in [1.165, 1.54) is 4.90 Å².